The van der Waals surface area contributed by atoms with Crippen LogP contribution in [0.25, 0.3) is 0 Å². The Bertz CT molecular complexity index is 739. The maximum Gasteiger partial charge on any atom is 0.225 e. The first-order valence-electron chi connectivity index (χ1n) is 9.43. The van der Waals surface area contributed by atoms with Crippen LogP contribution in [0.4, 0.5) is 0 Å². The number of epoxide rings is 1. The van der Waals surface area contributed by atoms with Gasteiger partial charge in [-0.1, -0.05) is 41.0 Å². The summed E-state index contributed by atoms with van der Waals surface area (Å²) in [5.41, 5.74) is 1.63. The lowest BCUT2D eigenvalue weighted by atomic mass is 9.48. The molecule has 0 aromatic rings. The lowest BCUT2D eigenvalue weighted by Gasteiger charge is -2.53. The van der Waals surface area contributed by atoms with Crippen LogP contribution in [0.1, 0.15) is 53.9 Å². The number of methoxy groups -OCH3 is 1. The van der Waals surface area contributed by atoms with E-state index in [1.807, 2.05) is 13.8 Å². The largest absolute Gasteiger partial charge is 0.492 e. The minimum absolute atomic E-state index is 0.0306. The summed E-state index contributed by atoms with van der Waals surface area (Å²) in [6.45, 7) is 10.6. The van der Waals surface area contributed by atoms with Gasteiger partial charge in [0, 0.05) is 28.1 Å². The van der Waals surface area contributed by atoms with Crippen molar-refractivity contribution < 1.29 is 19.1 Å². The molecule has 0 bridgehead atoms. The summed E-state index contributed by atoms with van der Waals surface area (Å²) in [5, 5.41) is 0. The number of hydrogen-bond donors (Lipinski definition) is 0. The fourth-order valence-electron chi connectivity index (χ4n) is 6.07. The van der Waals surface area contributed by atoms with Gasteiger partial charge in [-0.25, -0.2) is 0 Å². The third kappa shape index (κ3) is 2.03. The van der Waals surface area contributed by atoms with Gasteiger partial charge in [-0.15, -0.1) is 0 Å². The molecule has 4 rings (SSSR count). The van der Waals surface area contributed by atoms with Crippen molar-refractivity contribution in [1.29, 1.82) is 0 Å². The zero-order chi connectivity index (χ0) is 18.3. The Morgan fingerprint density at radius 1 is 1.12 bits per heavy atom. The molecule has 0 N–H and O–H groups in total. The molecule has 136 valence electrons. The molecule has 4 aliphatic rings. The molecule has 0 unspecified atom stereocenters. The second-order valence-corrected chi connectivity index (χ2v) is 9.31. The van der Waals surface area contributed by atoms with Crippen molar-refractivity contribution >= 4 is 11.6 Å². The molecule has 4 atom stereocenters. The molecule has 0 radical (unpaired) electrons. The van der Waals surface area contributed by atoms with Crippen molar-refractivity contribution in [1.82, 2.24) is 0 Å². The summed E-state index contributed by atoms with van der Waals surface area (Å²) in [5.74, 6) is 0.358. The van der Waals surface area contributed by atoms with Crippen LogP contribution >= 0.6 is 0 Å². The first-order valence-corrected chi connectivity index (χ1v) is 9.43. The van der Waals surface area contributed by atoms with Crippen LogP contribution in [0.15, 0.2) is 22.5 Å². The van der Waals surface area contributed by atoms with Gasteiger partial charge in [0.2, 0.25) is 5.78 Å². The average molecular weight is 344 g/mol. The normalized spacial score (nSPS) is 39.2. The Balaban J connectivity index is 1.92. The van der Waals surface area contributed by atoms with E-state index < -0.39 is 0 Å². The summed E-state index contributed by atoms with van der Waals surface area (Å²) in [6, 6.07) is 0. The molecule has 25 heavy (non-hydrogen) atoms. The number of allylic oxidation sites excluding steroid dienone is 2. The molecule has 0 aromatic heterocycles. The first kappa shape index (κ1) is 17.0. The van der Waals surface area contributed by atoms with E-state index in [1.54, 1.807) is 0 Å². The van der Waals surface area contributed by atoms with Crippen molar-refractivity contribution in [3.63, 3.8) is 0 Å². The van der Waals surface area contributed by atoms with Crippen LogP contribution in [-0.4, -0.2) is 30.9 Å². The molecule has 3 aliphatic carbocycles. The SMILES string of the molecule is COC1=C(C(C)C)C(=O)C2=C(C1=O)[C@@]1(C)CCCC(C)(C)[C@@H]1[C@H]1O[C@@H]21. The number of carbonyl (C=O) groups excluding carboxylic acids is 2. The molecule has 1 saturated carbocycles. The summed E-state index contributed by atoms with van der Waals surface area (Å²) in [7, 11) is 1.50. The third-order valence-corrected chi connectivity index (χ3v) is 6.97. The smallest absolute Gasteiger partial charge is 0.225 e. The Labute approximate surface area is 149 Å². The van der Waals surface area contributed by atoms with E-state index in [1.165, 1.54) is 7.11 Å². The molecular weight excluding hydrogens is 316 g/mol. The van der Waals surface area contributed by atoms with E-state index in [2.05, 4.69) is 20.8 Å². The van der Waals surface area contributed by atoms with Gasteiger partial charge in [-0.2, -0.15) is 0 Å². The van der Waals surface area contributed by atoms with Gasteiger partial charge in [0.1, 0.15) is 6.10 Å². The van der Waals surface area contributed by atoms with Crippen LogP contribution in [0.3, 0.4) is 0 Å². The molecular formula is C21H28O4. The van der Waals surface area contributed by atoms with Gasteiger partial charge >= 0.3 is 0 Å². The monoisotopic (exact) mass is 344 g/mol. The predicted molar refractivity (Wildman–Crippen MR) is 93.8 cm³/mol. The van der Waals surface area contributed by atoms with Crippen LogP contribution in [-0.2, 0) is 19.1 Å². The number of ketones is 2. The molecule has 1 aliphatic heterocycles. The first-order chi connectivity index (χ1) is 11.6. The molecule has 4 nitrogen and oxygen atoms in total. The van der Waals surface area contributed by atoms with Gasteiger partial charge in [0.15, 0.2) is 11.5 Å². The van der Waals surface area contributed by atoms with E-state index in [0.717, 1.165) is 19.3 Å². The molecule has 1 saturated heterocycles. The van der Waals surface area contributed by atoms with Crippen molar-refractivity contribution in [2.45, 2.75) is 66.1 Å². The Kier molecular flexibility index (Phi) is 3.45. The third-order valence-electron chi connectivity index (χ3n) is 6.97. The van der Waals surface area contributed by atoms with E-state index in [9.17, 15) is 9.59 Å². The summed E-state index contributed by atoms with van der Waals surface area (Å²) < 4.78 is 11.5. The Morgan fingerprint density at radius 2 is 1.80 bits per heavy atom. The average Bonchev–Trinajstić information content (AvgIpc) is 3.26. The van der Waals surface area contributed by atoms with Crippen molar-refractivity contribution in [3.05, 3.63) is 22.5 Å². The molecule has 0 spiro atoms. The van der Waals surface area contributed by atoms with E-state index in [-0.39, 0.29) is 52.2 Å². The van der Waals surface area contributed by atoms with Gasteiger partial charge in [0.05, 0.1) is 13.2 Å². The second kappa shape index (κ2) is 5.06. The fraction of sp³-hybridized carbons (Fsp3) is 0.714. The van der Waals surface area contributed by atoms with E-state index >= 15 is 0 Å². The maximum absolute atomic E-state index is 13.4. The summed E-state index contributed by atoms with van der Waals surface area (Å²) >= 11 is 0. The van der Waals surface area contributed by atoms with Gasteiger partial charge in [0.25, 0.3) is 0 Å². The summed E-state index contributed by atoms with van der Waals surface area (Å²) in [4.78, 5) is 26.7. The lowest BCUT2D eigenvalue weighted by molar-refractivity contribution is -0.122. The predicted octanol–water partition coefficient (Wildman–Crippen LogP) is 3.60. The zero-order valence-electron chi connectivity index (χ0n) is 16.1. The second-order valence-electron chi connectivity index (χ2n) is 9.31. The number of ether oxygens (including phenoxy) is 2. The number of hydrogen-bond acceptors (Lipinski definition) is 4. The van der Waals surface area contributed by atoms with Crippen LogP contribution in [0.5, 0.6) is 0 Å². The van der Waals surface area contributed by atoms with Gasteiger partial charge in [-0.3, -0.25) is 9.59 Å². The number of carbonyl (C=O) groups is 2. The highest BCUT2D eigenvalue weighted by Crippen LogP contribution is 2.65. The Hall–Kier alpha value is -1.42. The molecule has 2 fully saturated rings. The van der Waals surface area contributed by atoms with Crippen LogP contribution < -0.4 is 0 Å². The maximum atomic E-state index is 13.4. The minimum Gasteiger partial charge on any atom is -0.492 e. The molecule has 4 heteroatoms. The highest BCUT2D eigenvalue weighted by Gasteiger charge is 2.68. The Morgan fingerprint density at radius 3 is 2.40 bits per heavy atom. The standard InChI is InChI=1S/C21H28O4/c1-10(2)11-14(22)12-13(15(23)16(11)24-6)21(5)9-7-8-20(3,4)19(21)18-17(12)25-18/h10,17-19H,7-9H2,1-6H3/t17-,18-,19-,21+/m0/s1. The van der Waals surface area contributed by atoms with Crippen LogP contribution in [0, 0.1) is 22.7 Å². The zero-order valence-corrected chi connectivity index (χ0v) is 16.1. The van der Waals surface area contributed by atoms with E-state index in [4.69, 9.17) is 9.47 Å². The van der Waals surface area contributed by atoms with E-state index in [0.29, 0.717) is 16.7 Å². The van der Waals surface area contributed by atoms with Gasteiger partial charge in [-0.05, 0) is 24.2 Å². The van der Waals surface area contributed by atoms with Crippen molar-refractivity contribution in [2.24, 2.45) is 22.7 Å². The lowest BCUT2D eigenvalue weighted by Crippen LogP contribution is -2.52. The molecule has 1 heterocycles. The van der Waals surface area contributed by atoms with Gasteiger partial charge < -0.3 is 9.47 Å². The number of rotatable bonds is 2. The van der Waals surface area contributed by atoms with Crippen molar-refractivity contribution in [2.75, 3.05) is 7.11 Å². The highest BCUT2D eigenvalue weighted by atomic mass is 16.6. The fourth-order valence-corrected chi connectivity index (χ4v) is 6.07. The van der Waals surface area contributed by atoms with Crippen molar-refractivity contribution in [3.8, 4) is 0 Å². The number of fused-ring (bicyclic) bond motifs is 5. The quantitative estimate of drug-likeness (QED) is 0.567. The summed E-state index contributed by atoms with van der Waals surface area (Å²) in [6.07, 6.45) is 3.01. The minimum atomic E-state index is -0.312. The highest BCUT2D eigenvalue weighted by molar-refractivity contribution is 6.26. The number of Topliss-reactive ketones (excluding diaryl/α,β-unsaturated/α-hetero) is 2. The molecule has 0 aromatic carbocycles. The molecule has 0 amide bonds. The van der Waals surface area contributed by atoms with Crippen LogP contribution in [0.2, 0.25) is 0 Å². The topological polar surface area (TPSA) is 55.9 Å².